The van der Waals surface area contributed by atoms with E-state index in [0.717, 1.165) is 48.3 Å². The van der Waals surface area contributed by atoms with E-state index in [2.05, 4.69) is 4.90 Å². The van der Waals surface area contributed by atoms with Gasteiger partial charge in [0.05, 0.1) is 10.6 Å². The standard InChI is InChI=1S/C21H18ClFN2O2S/c22-15-5-8-16(9-6-15)25-20(26)19(28-21(25)27)12-14-4-7-17(13-18(14)23)24-10-2-1-3-11-24/h4-9,12-13H,1-3,10-11H2/b19-12+. The molecule has 4 rings (SSSR count). The van der Waals surface area contributed by atoms with Crippen LogP contribution in [0.15, 0.2) is 47.4 Å². The summed E-state index contributed by atoms with van der Waals surface area (Å²) in [5.74, 6) is -0.863. The fraction of sp³-hybridized carbons (Fsp3) is 0.238. The molecule has 0 atom stereocenters. The predicted octanol–water partition coefficient (Wildman–Crippen LogP) is 5.71. The lowest BCUT2D eigenvalue weighted by Crippen LogP contribution is -2.29. The molecule has 0 bridgehead atoms. The molecular weight excluding hydrogens is 399 g/mol. The number of halogens is 2. The van der Waals surface area contributed by atoms with Crippen molar-refractivity contribution in [2.75, 3.05) is 22.9 Å². The van der Waals surface area contributed by atoms with Crippen LogP contribution in [0.25, 0.3) is 6.08 Å². The van der Waals surface area contributed by atoms with Crippen LogP contribution in [0.3, 0.4) is 0 Å². The van der Waals surface area contributed by atoms with E-state index < -0.39 is 17.0 Å². The van der Waals surface area contributed by atoms with Crippen molar-refractivity contribution < 1.29 is 14.0 Å². The van der Waals surface area contributed by atoms with Gasteiger partial charge >= 0.3 is 0 Å². The van der Waals surface area contributed by atoms with Gasteiger partial charge in [-0.1, -0.05) is 11.6 Å². The minimum absolute atomic E-state index is 0.199. The van der Waals surface area contributed by atoms with Crippen LogP contribution in [0.4, 0.5) is 20.6 Å². The van der Waals surface area contributed by atoms with E-state index in [-0.39, 0.29) is 4.91 Å². The summed E-state index contributed by atoms with van der Waals surface area (Å²) >= 11 is 6.67. The predicted molar refractivity (Wildman–Crippen MR) is 112 cm³/mol. The van der Waals surface area contributed by atoms with Crippen LogP contribution in [0, 0.1) is 5.82 Å². The smallest absolute Gasteiger partial charge is 0.298 e. The zero-order valence-corrected chi connectivity index (χ0v) is 16.6. The normalized spacial score (nSPS) is 19.0. The number of piperidine rings is 1. The first kappa shape index (κ1) is 19.0. The van der Waals surface area contributed by atoms with Crippen LogP contribution >= 0.6 is 23.4 Å². The van der Waals surface area contributed by atoms with Crippen LogP contribution in [0.2, 0.25) is 5.02 Å². The first-order valence-electron chi connectivity index (χ1n) is 9.11. The molecule has 7 heteroatoms. The Morgan fingerprint density at radius 1 is 0.964 bits per heavy atom. The van der Waals surface area contributed by atoms with Gasteiger partial charge in [-0.25, -0.2) is 9.29 Å². The van der Waals surface area contributed by atoms with Gasteiger partial charge in [0.25, 0.3) is 11.1 Å². The molecule has 0 saturated carbocycles. The second kappa shape index (κ2) is 7.97. The maximum Gasteiger partial charge on any atom is 0.298 e. The first-order chi connectivity index (χ1) is 13.5. The Morgan fingerprint density at radius 3 is 2.32 bits per heavy atom. The lowest BCUT2D eigenvalue weighted by atomic mass is 10.1. The molecule has 144 valence electrons. The topological polar surface area (TPSA) is 40.6 Å². The Morgan fingerprint density at radius 2 is 1.64 bits per heavy atom. The minimum Gasteiger partial charge on any atom is -0.371 e. The number of imide groups is 1. The Hall–Kier alpha value is -2.31. The zero-order valence-electron chi connectivity index (χ0n) is 15.0. The minimum atomic E-state index is -0.461. The van der Waals surface area contributed by atoms with Crippen molar-refractivity contribution in [2.45, 2.75) is 19.3 Å². The van der Waals surface area contributed by atoms with Gasteiger partial charge < -0.3 is 4.90 Å². The van der Waals surface area contributed by atoms with E-state index in [4.69, 9.17) is 11.6 Å². The summed E-state index contributed by atoms with van der Waals surface area (Å²) in [6.45, 7) is 1.86. The average Bonchev–Trinajstić information content (AvgIpc) is 2.98. The third-order valence-electron chi connectivity index (χ3n) is 4.87. The highest BCUT2D eigenvalue weighted by Crippen LogP contribution is 2.36. The van der Waals surface area contributed by atoms with Gasteiger partial charge in [0, 0.05) is 29.4 Å². The van der Waals surface area contributed by atoms with Crippen molar-refractivity contribution in [3.8, 4) is 0 Å². The molecule has 2 amide bonds. The summed E-state index contributed by atoms with van der Waals surface area (Å²) < 4.78 is 14.6. The van der Waals surface area contributed by atoms with E-state index in [1.54, 1.807) is 30.3 Å². The van der Waals surface area contributed by atoms with Crippen molar-refractivity contribution in [1.29, 1.82) is 0 Å². The number of thioether (sulfide) groups is 1. The van der Waals surface area contributed by atoms with E-state index >= 15 is 0 Å². The quantitative estimate of drug-likeness (QED) is 0.601. The molecule has 4 nitrogen and oxygen atoms in total. The number of anilines is 2. The monoisotopic (exact) mass is 416 g/mol. The first-order valence-corrected chi connectivity index (χ1v) is 10.3. The summed E-state index contributed by atoms with van der Waals surface area (Å²) in [4.78, 5) is 28.4. The van der Waals surface area contributed by atoms with Crippen LogP contribution < -0.4 is 9.80 Å². The number of rotatable bonds is 3. The van der Waals surface area contributed by atoms with Gasteiger partial charge in [0.15, 0.2) is 0 Å². The summed E-state index contributed by atoms with van der Waals surface area (Å²) in [7, 11) is 0. The summed E-state index contributed by atoms with van der Waals surface area (Å²) in [5.41, 5.74) is 1.59. The summed E-state index contributed by atoms with van der Waals surface area (Å²) in [6.07, 6.45) is 4.87. The van der Waals surface area contributed by atoms with Crippen molar-refractivity contribution in [2.24, 2.45) is 0 Å². The van der Waals surface area contributed by atoms with Gasteiger partial charge in [-0.05, 0) is 79.6 Å². The van der Waals surface area contributed by atoms with Crippen molar-refractivity contribution >= 4 is 52.0 Å². The lowest BCUT2D eigenvalue weighted by molar-refractivity contribution is -0.113. The average molecular weight is 417 g/mol. The fourth-order valence-corrected chi connectivity index (χ4v) is 4.36. The van der Waals surface area contributed by atoms with Crippen LogP contribution in [0.5, 0.6) is 0 Å². The van der Waals surface area contributed by atoms with Crippen molar-refractivity contribution in [3.05, 3.63) is 63.8 Å². The number of carbonyl (C=O) groups is 2. The van der Waals surface area contributed by atoms with Gasteiger partial charge in [0.2, 0.25) is 0 Å². The van der Waals surface area contributed by atoms with Crippen LogP contribution in [-0.4, -0.2) is 24.2 Å². The lowest BCUT2D eigenvalue weighted by Gasteiger charge is -2.28. The molecule has 2 aromatic carbocycles. The second-order valence-corrected chi connectivity index (χ2v) is 8.18. The highest BCUT2D eigenvalue weighted by Gasteiger charge is 2.36. The molecule has 0 aliphatic carbocycles. The molecule has 2 heterocycles. The number of benzene rings is 2. The van der Waals surface area contributed by atoms with E-state index in [1.807, 2.05) is 6.07 Å². The Labute approximate surface area is 172 Å². The molecule has 0 radical (unpaired) electrons. The second-order valence-electron chi connectivity index (χ2n) is 6.75. The third kappa shape index (κ3) is 3.80. The third-order valence-corrected chi connectivity index (χ3v) is 5.99. The Kier molecular flexibility index (Phi) is 5.42. The molecule has 0 N–H and O–H groups in total. The molecular formula is C21H18ClFN2O2S. The van der Waals surface area contributed by atoms with E-state index in [1.165, 1.54) is 18.6 Å². The molecule has 2 fully saturated rings. The maximum absolute atomic E-state index is 14.6. The maximum atomic E-state index is 14.6. The fourth-order valence-electron chi connectivity index (χ4n) is 3.40. The molecule has 2 aromatic rings. The van der Waals surface area contributed by atoms with Gasteiger partial charge in [-0.15, -0.1) is 0 Å². The molecule has 28 heavy (non-hydrogen) atoms. The molecule has 0 aromatic heterocycles. The Balaban J connectivity index is 1.58. The SMILES string of the molecule is O=C1S/C(=C/c2ccc(N3CCCCC3)cc2F)C(=O)N1c1ccc(Cl)cc1. The molecule has 0 spiro atoms. The van der Waals surface area contributed by atoms with Crippen molar-refractivity contribution in [1.82, 2.24) is 0 Å². The summed E-state index contributed by atoms with van der Waals surface area (Å²) in [6, 6.07) is 11.5. The summed E-state index contributed by atoms with van der Waals surface area (Å²) in [5, 5.41) is 0.103. The number of hydrogen-bond donors (Lipinski definition) is 0. The van der Waals surface area contributed by atoms with E-state index in [9.17, 15) is 14.0 Å². The number of hydrogen-bond acceptors (Lipinski definition) is 4. The van der Waals surface area contributed by atoms with Gasteiger partial charge in [-0.2, -0.15) is 0 Å². The van der Waals surface area contributed by atoms with Crippen LogP contribution in [-0.2, 0) is 4.79 Å². The highest BCUT2D eigenvalue weighted by molar-refractivity contribution is 8.19. The van der Waals surface area contributed by atoms with Gasteiger partial charge in [-0.3, -0.25) is 9.59 Å². The molecule has 0 unspecified atom stereocenters. The molecule has 2 aliphatic heterocycles. The molecule has 2 aliphatic rings. The molecule has 2 saturated heterocycles. The van der Waals surface area contributed by atoms with Crippen molar-refractivity contribution in [3.63, 3.8) is 0 Å². The zero-order chi connectivity index (χ0) is 19.7. The van der Waals surface area contributed by atoms with E-state index in [0.29, 0.717) is 16.3 Å². The number of nitrogens with zero attached hydrogens (tertiary/aromatic N) is 2. The van der Waals surface area contributed by atoms with Gasteiger partial charge in [0.1, 0.15) is 5.82 Å². The largest absolute Gasteiger partial charge is 0.371 e. The Bertz CT molecular complexity index is 955. The number of carbonyl (C=O) groups excluding carboxylic acids is 2. The van der Waals surface area contributed by atoms with Crippen LogP contribution in [0.1, 0.15) is 24.8 Å². The highest BCUT2D eigenvalue weighted by atomic mass is 35.5. The number of amides is 2.